The van der Waals surface area contributed by atoms with Crippen LogP contribution in [-0.2, 0) is 13.1 Å². The molecule has 0 spiro atoms. The lowest BCUT2D eigenvalue weighted by atomic mass is 10.1. The minimum Gasteiger partial charge on any atom is -0.345 e. The molecule has 2 aromatic heterocycles. The van der Waals surface area contributed by atoms with Gasteiger partial charge in [-0.3, -0.25) is 0 Å². The first-order valence-corrected chi connectivity index (χ1v) is 9.81. The number of hydrogen-bond acceptors (Lipinski definition) is 4. The monoisotopic (exact) mass is 391 g/mol. The highest BCUT2D eigenvalue weighted by Crippen LogP contribution is 2.28. The minimum absolute atomic E-state index is 0.668. The van der Waals surface area contributed by atoms with Gasteiger partial charge in [0.2, 0.25) is 0 Å². The first-order chi connectivity index (χ1) is 13.5. The van der Waals surface area contributed by atoms with Gasteiger partial charge in [-0.05, 0) is 26.4 Å². The molecule has 0 aliphatic heterocycles. The van der Waals surface area contributed by atoms with Crippen LogP contribution in [0.5, 0.6) is 0 Å². The third-order valence-corrected chi connectivity index (χ3v) is 5.25. The van der Waals surface area contributed by atoms with Gasteiger partial charge in [-0.1, -0.05) is 49.6 Å². The largest absolute Gasteiger partial charge is 0.345 e. The molecule has 3 rings (SSSR count). The quantitative estimate of drug-likeness (QED) is 0.563. The van der Waals surface area contributed by atoms with Crippen molar-refractivity contribution in [2.24, 2.45) is 9.98 Å². The summed E-state index contributed by atoms with van der Waals surface area (Å²) in [5.41, 5.74) is 4.87. The molecule has 0 aliphatic carbocycles. The van der Waals surface area contributed by atoms with Crippen molar-refractivity contribution in [2.45, 2.75) is 13.1 Å². The van der Waals surface area contributed by atoms with Crippen molar-refractivity contribution in [2.75, 3.05) is 14.1 Å². The molecule has 0 atom stereocenters. The second kappa shape index (κ2) is 8.82. The lowest BCUT2D eigenvalue weighted by Gasteiger charge is -2.13. The number of benzene rings is 1. The Morgan fingerprint density at radius 1 is 1.29 bits per heavy atom. The highest BCUT2D eigenvalue weighted by atomic mass is 32.1. The summed E-state index contributed by atoms with van der Waals surface area (Å²) in [5, 5.41) is 2.16. The molecule has 0 fully saturated rings. The lowest BCUT2D eigenvalue weighted by molar-refractivity contribution is 0.388. The fraction of sp³-hybridized carbons (Fsp3) is 0.182. The molecule has 0 aliphatic rings. The van der Waals surface area contributed by atoms with Gasteiger partial charge in [-0.2, -0.15) is 0 Å². The maximum atomic E-state index is 4.85. The number of aliphatic imine (C=N–C) groups is 1. The van der Waals surface area contributed by atoms with Crippen LogP contribution in [-0.4, -0.2) is 35.3 Å². The maximum Gasteiger partial charge on any atom is 0.190 e. The van der Waals surface area contributed by atoms with Gasteiger partial charge >= 0.3 is 0 Å². The van der Waals surface area contributed by atoms with Crippen molar-refractivity contribution < 1.29 is 0 Å². The summed E-state index contributed by atoms with van der Waals surface area (Å²) in [6.45, 7) is 13.3. The number of nitrogens with zero attached hydrogens (tertiary/aromatic N) is 4. The Bertz CT molecular complexity index is 1050. The Kier molecular flexibility index (Phi) is 6.23. The topological polar surface area (TPSA) is 48.7 Å². The van der Waals surface area contributed by atoms with Gasteiger partial charge in [-0.25, -0.2) is 9.98 Å². The molecule has 6 heteroatoms. The molecule has 0 saturated carbocycles. The van der Waals surface area contributed by atoms with Crippen LogP contribution in [0, 0.1) is 0 Å². The van der Waals surface area contributed by atoms with Crippen molar-refractivity contribution in [3.05, 3.63) is 82.3 Å². The van der Waals surface area contributed by atoms with Crippen molar-refractivity contribution >= 4 is 35.6 Å². The Morgan fingerprint density at radius 3 is 2.68 bits per heavy atom. The van der Waals surface area contributed by atoms with Crippen LogP contribution in [0.1, 0.15) is 22.4 Å². The second-order valence-electron chi connectivity index (χ2n) is 6.70. The fourth-order valence-corrected chi connectivity index (χ4v) is 3.93. The number of rotatable bonds is 8. The molecule has 2 heterocycles. The number of thiazole rings is 1. The van der Waals surface area contributed by atoms with E-state index in [1.807, 2.05) is 12.3 Å². The highest BCUT2D eigenvalue weighted by Gasteiger charge is 2.12. The van der Waals surface area contributed by atoms with Crippen LogP contribution >= 0.6 is 11.3 Å². The van der Waals surface area contributed by atoms with Crippen molar-refractivity contribution in [1.82, 2.24) is 14.5 Å². The standard InChI is InChI=1S/C22H25N5S/c1-6-19-20(12-24-21(19)23-3)16(2)25-22-27(13-17-10-8-7-9-11-17)18(15-28-22)14-26(4)5/h6-12,15,24H,1-3,13-14H2,4-5H3. The van der Waals surface area contributed by atoms with E-state index >= 15 is 0 Å². The molecule has 1 N–H and O–H groups in total. The van der Waals surface area contributed by atoms with Crippen molar-refractivity contribution in [1.29, 1.82) is 0 Å². The molecular weight excluding hydrogens is 366 g/mol. The van der Waals surface area contributed by atoms with E-state index in [1.165, 1.54) is 11.3 Å². The zero-order valence-electron chi connectivity index (χ0n) is 16.4. The van der Waals surface area contributed by atoms with Crippen LogP contribution in [0.3, 0.4) is 0 Å². The van der Waals surface area contributed by atoms with Gasteiger partial charge in [-0.15, -0.1) is 11.3 Å². The molecule has 1 aromatic carbocycles. The average Bonchev–Trinajstić information content (AvgIpc) is 3.26. The number of nitrogens with one attached hydrogen (secondary N) is 1. The zero-order chi connectivity index (χ0) is 20.1. The minimum atomic E-state index is 0.668. The summed E-state index contributed by atoms with van der Waals surface area (Å²) in [6.07, 6.45) is 3.60. The van der Waals surface area contributed by atoms with Crippen LogP contribution in [0.2, 0.25) is 0 Å². The fourth-order valence-electron chi connectivity index (χ4n) is 3.01. The van der Waals surface area contributed by atoms with Gasteiger partial charge in [0.15, 0.2) is 4.80 Å². The Morgan fingerprint density at radius 2 is 2.04 bits per heavy atom. The Labute approximate surface area is 169 Å². The SMILES string of the molecule is C=Cc1c(C(=C)N=c2scc(CN(C)C)n2Cc2ccccc2)c[nH]c1N=C. The maximum absolute atomic E-state index is 4.85. The predicted molar refractivity (Wildman–Crippen MR) is 120 cm³/mol. The lowest BCUT2D eigenvalue weighted by Crippen LogP contribution is -2.22. The van der Waals surface area contributed by atoms with E-state index in [4.69, 9.17) is 4.99 Å². The van der Waals surface area contributed by atoms with Crippen LogP contribution in [0.4, 0.5) is 5.82 Å². The molecular formula is C22H25N5S. The Balaban J connectivity index is 2.04. The van der Waals surface area contributed by atoms with E-state index in [2.05, 4.69) is 83.1 Å². The Hall–Kier alpha value is -2.96. The summed E-state index contributed by atoms with van der Waals surface area (Å²) in [4.78, 5) is 15.0. The number of H-pyrrole nitrogens is 1. The molecule has 3 aromatic rings. The molecule has 0 unspecified atom stereocenters. The first kappa shape index (κ1) is 19.8. The van der Waals surface area contributed by atoms with E-state index in [-0.39, 0.29) is 0 Å². The molecule has 0 radical (unpaired) electrons. The van der Waals surface area contributed by atoms with E-state index in [1.54, 1.807) is 17.4 Å². The summed E-state index contributed by atoms with van der Waals surface area (Å²) >= 11 is 1.62. The normalized spacial score (nSPS) is 11.8. The smallest absolute Gasteiger partial charge is 0.190 e. The van der Waals surface area contributed by atoms with E-state index in [0.29, 0.717) is 11.5 Å². The predicted octanol–water partition coefficient (Wildman–Crippen LogP) is 4.53. The molecule has 0 bridgehead atoms. The van der Waals surface area contributed by atoms with Gasteiger partial charge < -0.3 is 14.5 Å². The van der Waals surface area contributed by atoms with Gasteiger partial charge in [0.1, 0.15) is 5.82 Å². The molecule has 28 heavy (non-hydrogen) atoms. The average molecular weight is 392 g/mol. The van der Waals surface area contributed by atoms with Gasteiger partial charge in [0, 0.05) is 34.9 Å². The van der Waals surface area contributed by atoms with Crippen LogP contribution in [0.15, 0.2) is 65.1 Å². The van der Waals surface area contributed by atoms with Crippen LogP contribution < -0.4 is 4.80 Å². The molecule has 5 nitrogen and oxygen atoms in total. The number of aromatic amines is 1. The third-order valence-electron chi connectivity index (χ3n) is 4.34. The molecule has 144 valence electrons. The zero-order valence-corrected chi connectivity index (χ0v) is 17.2. The molecule has 0 saturated heterocycles. The van der Waals surface area contributed by atoms with E-state index in [0.717, 1.165) is 29.0 Å². The van der Waals surface area contributed by atoms with Crippen molar-refractivity contribution in [3.8, 4) is 0 Å². The third kappa shape index (κ3) is 4.30. The number of aromatic nitrogens is 2. The van der Waals surface area contributed by atoms with Gasteiger partial charge in [0.25, 0.3) is 0 Å². The summed E-state index contributed by atoms with van der Waals surface area (Å²) in [6, 6.07) is 10.4. The second-order valence-corrected chi connectivity index (χ2v) is 7.54. The summed E-state index contributed by atoms with van der Waals surface area (Å²) in [7, 11) is 4.14. The van der Waals surface area contributed by atoms with E-state index < -0.39 is 0 Å². The van der Waals surface area contributed by atoms with Gasteiger partial charge in [0.05, 0.1) is 12.2 Å². The first-order valence-electron chi connectivity index (χ1n) is 8.94. The number of hydrogen-bond donors (Lipinski definition) is 1. The van der Waals surface area contributed by atoms with E-state index in [9.17, 15) is 0 Å². The highest BCUT2D eigenvalue weighted by molar-refractivity contribution is 7.07. The molecule has 0 amide bonds. The summed E-state index contributed by atoms with van der Waals surface area (Å²) in [5.74, 6) is 0.679. The summed E-state index contributed by atoms with van der Waals surface area (Å²) < 4.78 is 2.25. The van der Waals surface area contributed by atoms with Crippen molar-refractivity contribution in [3.63, 3.8) is 0 Å². The van der Waals surface area contributed by atoms with Crippen LogP contribution in [0.25, 0.3) is 11.8 Å².